The normalized spacial score (nSPS) is 10.1. The van der Waals surface area contributed by atoms with Crippen LogP contribution < -0.4 is 0 Å². The molecule has 0 aromatic rings. The van der Waals surface area contributed by atoms with Gasteiger partial charge in [0.2, 0.25) is 0 Å². The fourth-order valence-electron chi connectivity index (χ4n) is 0.890. The number of ether oxygens (including phenoxy) is 1. The van der Waals surface area contributed by atoms with E-state index in [0.29, 0.717) is 18.9 Å². The van der Waals surface area contributed by atoms with Crippen LogP contribution in [0.2, 0.25) is 0 Å². The van der Waals surface area contributed by atoms with Gasteiger partial charge in [-0.25, -0.2) is 0 Å². The zero-order valence-electron chi connectivity index (χ0n) is 8.71. The molecular formula is C11H20O2. The van der Waals surface area contributed by atoms with Crippen LogP contribution in [0.3, 0.4) is 0 Å². The summed E-state index contributed by atoms with van der Waals surface area (Å²) in [5.74, 6) is 0.356. The Balaban J connectivity index is 3.25. The van der Waals surface area contributed by atoms with Gasteiger partial charge in [0.1, 0.15) is 0 Å². The number of hydrogen-bond acceptors (Lipinski definition) is 2. The highest BCUT2D eigenvalue weighted by Crippen LogP contribution is 2.02. The van der Waals surface area contributed by atoms with E-state index in [4.69, 9.17) is 4.74 Å². The van der Waals surface area contributed by atoms with Crippen molar-refractivity contribution in [1.82, 2.24) is 0 Å². The molecule has 2 nitrogen and oxygen atoms in total. The summed E-state index contributed by atoms with van der Waals surface area (Å²) in [4.78, 5) is 11.1. The first kappa shape index (κ1) is 12.2. The molecule has 0 saturated carbocycles. The molecule has 76 valence electrons. The largest absolute Gasteiger partial charge is 0.465 e. The predicted molar refractivity (Wildman–Crippen MR) is 54.5 cm³/mol. The van der Waals surface area contributed by atoms with Crippen molar-refractivity contribution in [1.29, 1.82) is 0 Å². The Hall–Kier alpha value is -0.790. The molecule has 0 heterocycles. The zero-order valence-corrected chi connectivity index (χ0v) is 8.71. The Kier molecular flexibility index (Phi) is 7.36. The number of carbonyl (C=O) groups excluding carboxylic acids is 1. The standard InChI is InChI=1S/C11H20O2/c1-4-5-6-7-8-11(12)13-9-10(2)3/h4,10H,1,5-9H2,2-3H3. The lowest BCUT2D eigenvalue weighted by molar-refractivity contribution is -0.144. The molecule has 0 aliphatic heterocycles. The number of allylic oxidation sites excluding steroid dienone is 1. The van der Waals surface area contributed by atoms with Crippen LogP contribution in [0.25, 0.3) is 0 Å². The summed E-state index contributed by atoms with van der Waals surface area (Å²) < 4.78 is 5.02. The van der Waals surface area contributed by atoms with Crippen molar-refractivity contribution in [3.8, 4) is 0 Å². The average molecular weight is 184 g/mol. The fraction of sp³-hybridized carbons (Fsp3) is 0.727. The van der Waals surface area contributed by atoms with Crippen molar-refractivity contribution < 1.29 is 9.53 Å². The Morgan fingerprint density at radius 1 is 1.46 bits per heavy atom. The highest BCUT2D eigenvalue weighted by Gasteiger charge is 2.02. The van der Waals surface area contributed by atoms with Gasteiger partial charge in [-0.15, -0.1) is 6.58 Å². The molecule has 0 N–H and O–H groups in total. The van der Waals surface area contributed by atoms with Gasteiger partial charge >= 0.3 is 5.97 Å². The number of carbonyl (C=O) groups is 1. The van der Waals surface area contributed by atoms with Crippen LogP contribution in [0.4, 0.5) is 0 Å². The molecule has 0 rings (SSSR count). The van der Waals surface area contributed by atoms with Crippen molar-refractivity contribution >= 4 is 5.97 Å². The Bertz CT molecular complexity index is 150. The second-order valence-electron chi connectivity index (χ2n) is 3.61. The summed E-state index contributed by atoms with van der Waals surface area (Å²) in [5, 5.41) is 0. The minimum absolute atomic E-state index is 0.0715. The van der Waals surface area contributed by atoms with Crippen LogP contribution in [-0.2, 0) is 9.53 Å². The van der Waals surface area contributed by atoms with Crippen molar-refractivity contribution in [2.45, 2.75) is 39.5 Å². The third-order valence-electron chi connectivity index (χ3n) is 1.62. The van der Waals surface area contributed by atoms with Crippen molar-refractivity contribution in [2.75, 3.05) is 6.61 Å². The Morgan fingerprint density at radius 2 is 2.15 bits per heavy atom. The van der Waals surface area contributed by atoms with E-state index in [1.807, 2.05) is 19.9 Å². The molecule has 0 bridgehead atoms. The third-order valence-corrected chi connectivity index (χ3v) is 1.62. The van der Waals surface area contributed by atoms with Crippen LogP contribution in [0, 0.1) is 5.92 Å². The molecule has 0 spiro atoms. The minimum Gasteiger partial charge on any atom is -0.465 e. The van der Waals surface area contributed by atoms with Crippen LogP contribution in [0.1, 0.15) is 39.5 Å². The van der Waals surface area contributed by atoms with E-state index in [2.05, 4.69) is 6.58 Å². The molecular weight excluding hydrogens is 164 g/mol. The molecule has 0 amide bonds. The van der Waals surface area contributed by atoms with Gasteiger partial charge in [0.05, 0.1) is 6.61 Å². The maximum Gasteiger partial charge on any atom is 0.305 e. The van der Waals surface area contributed by atoms with E-state index >= 15 is 0 Å². The molecule has 0 saturated heterocycles. The number of unbranched alkanes of at least 4 members (excludes halogenated alkanes) is 2. The highest BCUT2D eigenvalue weighted by molar-refractivity contribution is 5.69. The summed E-state index contributed by atoms with van der Waals surface area (Å²) >= 11 is 0. The molecule has 0 fully saturated rings. The molecule has 0 aliphatic rings. The van der Waals surface area contributed by atoms with E-state index in [1.54, 1.807) is 0 Å². The van der Waals surface area contributed by atoms with E-state index < -0.39 is 0 Å². The lowest BCUT2D eigenvalue weighted by Crippen LogP contribution is -2.09. The third kappa shape index (κ3) is 9.12. The van der Waals surface area contributed by atoms with Gasteiger partial charge in [0.25, 0.3) is 0 Å². The van der Waals surface area contributed by atoms with Crippen LogP contribution in [-0.4, -0.2) is 12.6 Å². The van der Waals surface area contributed by atoms with Crippen molar-refractivity contribution in [3.63, 3.8) is 0 Å². The molecule has 0 radical (unpaired) electrons. The summed E-state index contributed by atoms with van der Waals surface area (Å²) in [7, 11) is 0. The SMILES string of the molecule is C=CCCCCC(=O)OCC(C)C. The van der Waals surface area contributed by atoms with Crippen molar-refractivity contribution in [2.24, 2.45) is 5.92 Å². The first-order valence-electron chi connectivity index (χ1n) is 4.93. The zero-order chi connectivity index (χ0) is 10.1. The van der Waals surface area contributed by atoms with Gasteiger partial charge in [0, 0.05) is 6.42 Å². The van der Waals surface area contributed by atoms with Crippen LogP contribution >= 0.6 is 0 Å². The maximum absolute atomic E-state index is 11.1. The van der Waals surface area contributed by atoms with E-state index in [-0.39, 0.29) is 5.97 Å². The van der Waals surface area contributed by atoms with Gasteiger partial charge < -0.3 is 4.74 Å². The summed E-state index contributed by atoms with van der Waals surface area (Å²) in [6.07, 6.45) is 5.33. The van der Waals surface area contributed by atoms with Crippen LogP contribution in [0.15, 0.2) is 12.7 Å². The molecule has 0 aliphatic carbocycles. The smallest absolute Gasteiger partial charge is 0.305 e. The lowest BCUT2D eigenvalue weighted by Gasteiger charge is -2.06. The van der Waals surface area contributed by atoms with Gasteiger partial charge in [-0.1, -0.05) is 19.9 Å². The van der Waals surface area contributed by atoms with Crippen molar-refractivity contribution in [3.05, 3.63) is 12.7 Å². The number of rotatable bonds is 7. The molecule has 0 aromatic heterocycles. The molecule has 13 heavy (non-hydrogen) atoms. The fourth-order valence-corrected chi connectivity index (χ4v) is 0.890. The summed E-state index contributed by atoms with van der Waals surface area (Å²) in [6.45, 7) is 8.23. The second-order valence-corrected chi connectivity index (χ2v) is 3.61. The predicted octanol–water partition coefficient (Wildman–Crippen LogP) is 2.93. The van der Waals surface area contributed by atoms with Gasteiger partial charge in [-0.05, 0) is 25.2 Å². The van der Waals surface area contributed by atoms with E-state index in [0.717, 1.165) is 19.3 Å². The summed E-state index contributed by atoms with van der Waals surface area (Å²) in [6, 6.07) is 0. The van der Waals surface area contributed by atoms with E-state index in [1.165, 1.54) is 0 Å². The highest BCUT2D eigenvalue weighted by atomic mass is 16.5. The number of hydrogen-bond donors (Lipinski definition) is 0. The molecule has 0 aromatic carbocycles. The Labute approximate surface area is 81.0 Å². The first-order valence-corrected chi connectivity index (χ1v) is 4.93. The van der Waals surface area contributed by atoms with Gasteiger partial charge in [-0.2, -0.15) is 0 Å². The van der Waals surface area contributed by atoms with Gasteiger partial charge in [0.15, 0.2) is 0 Å². The van der Waals surface area contributed by atoms with Gasteiger partial charge in [-0.3, -0.25) is 4.79 Å². The second kappa shape index (κ2) is 7.84. The molecule has 2 heteroatoms. The summed E-state index contributed by atoms with van der Waals surface area (Å²) in [5.41, 5.74) is 0. The maximum atomic E-state index is 11.1. The van der Waals surface area contributed by atoms with Crippen LogP contribution in [0.5, 0.6) is 0 Å². The first-order chi connectivity index (χ1) is 6.16. The quantitative estimate of drug-likeness (QED) is 0.345. The molecule has 0 unspecified atom stereocenters. The monoisotopic (exact) mass is 184 g/mol. The number of esters is 1. The van der Waals surface area contributed by atoms with E-state index in [9.17, 15) is 4.79 Å². The Morgan fingerprint density at radius 3 is 2.69 bits per heavy atom. The average Bonchev–Trinajstić information content (AvgIpc) is 2.09. The topological polar surface area (TPSA) is 26.3 Å². The minimum atomic E-state index is -0.0715. The lowest BCUT2D eigenvalue weighted by atomic mass is 10.2. The molecule has 0 atom stereocenters.